The standard InChI is InChI=1S/C39H48FN7O3/c1-5-28-10-8-25-12-13-45(18-30(25)42-28)36(48)27-15-32-44-34(23(3)47(32)33(16-27)50-4)31-14-26-9-11-29(43-35(26)46(31)17-24-6-7-24)22(2)41-37(49)38-19-39(40,20-38)21-38/h9,11,14-16,22,24-25,28,30,42H,5-8,10,12-13,17-21H2,1-4H3,(H,41,49)/t22-,25-,28?,30+,38?,39?/m1/s1. The number of imidazole rings is 1. The van der Waals surface area contributed by atoms with Crippen LogP contribution in [0.1, 0.15) is 99.4 Å². The summed E-state index contributed by atoms with van der Waals surface area (Å²) >= 11 is 0. The van der Waals surface area contributed by atoms with Crippen LogP contribution >= 0.6 is 0 Å². The number of methoxy groups -OCH3 is 1. The van der Waals surface area contributed by atoms with E-state index in [-0.39, 0.29) is 17.9 Å². The van der Waals surface area contributed by atoms with Crippen molar-refractivity contribution in [2.45, 2.75) is 109 Å². The SMILES string of the molecule is CCC1CC[C@@H]2CCN(C(=O)c3cc(OC)n4c(C)c(-c5cc6ccc([C@@H](C)NC(=O)C78CC(F)(C7)C8)nc6n5CC5CC5)nc4c3)C[C@@H]2N1. The number of likely N-dealkylation sites (tertiary alicyclic amines) is 1. The Balaban J connectivity index is 1.03. The number of aryl methyl sites for hydroxylation is 1. The number of amides is 2. The fraction of sp³-hybridized carbons (Fsp3) is 0.590. The Morgan fingerprint density at radius 3 is 2.62 bits per heavy atom. The summed E-state index contributed by atoms with van der Waals surface area (Å²) in [6.45, 7) is 8.55. The van der Waals surface area contributed by atoms with Crippen LogP contribution in [0.4, 0.5) is 4.39 Å². The number of alkyl halides is 1. The highest BCUT2D eigenvalue weighted by Gasteiger charge is 2.72. The Morgan fingerprint density at radius 2 is 1.90 bits per heavy atom. The molecular weight excluding hydrogens is 633 g/mol. The molecule has 4 aromatic rings. The van der Waals surface area contributed by atoms with Crippen molar-refractivity contribution in [2.75, 3.05) is 20.2 Å². The van der Waals surface area contributed by atoms with Crippen LogP contribution in [-0.2, 0) is 11.3 Å². The number of aromatic nitrogens is 4. The molecule has 50 heavy (non-hydrogen) atoms. The van der Waals surface area contributed by atoms with E-state index < -0.39 is 11.1 Å². The maximum absolute atomic E-state index is 14.1. The van der Waals surface area contributed by atoms with E-state index in [1.54, 1.807) is 7.11 Å². The van der Waals surface area contributed by atoms with Gasteiger partial charge in [-0.15, -0.1) is 0 Å². The fourth-order valence-electron chi connectivity index (χ4n) is 9.47. The predicted molar refractivity (Wildman–Crippen MR) is 189 cm³/mol. The fourth-order valence-corrected chi connectivity index (χ4v) is 9.47. The van der Waals surface area contributed by atoms with E-state index in [9.17, 15) is 14.0 Å². The van der Waals surface area contributed by atoms with E-state index in [1.165, 1.54) is 25.7 Å². The van der Waals surface area contributed by atoms with E-state index in [0.29, 0.717) is 60.3 Å². The number of pyridine rings is 2. The van der Waals surface area contributed by atoms with Gasteiger partial charge >= 0.3 is 0 Å². The second kappa shape index (κ2) is 11.5. The zero-order chi connectivity index (χ0) is 34.5. The van der Waals surface area contributed by atoms with Crippen molar-refractivity contribution in [1.29, 1.82) is 0 Å². The van der Waals surface area contributed by atoms with E-state index in [1.807, 2.05) is 41.3 Å². The molecule has 1 unspecified atom stereocenters. The second-order valence-corrected chi connectivity index (χ2v) is 16.2. The zero-order valence-corrected chi connectivity index (χ0v) is 29.6. The minimum atomic E-state index is -1.11. The lowest BCUT2D eigenvalue weighted by atomic mass is 9.42. The van der Waals surface area contributed by atoms with Crippen LogP contribution in [0.15, 0.2) is 30.3 Å². The Bertz CT molecular complexity index is 2010. The Labute approximate surface area is 292 Å². The number of nitrogens with one attached hydrogen (secondary N) is 2. The van der Waals surface area contributed by atoms with Crippen molar-refractivity contribution in [3.05, 3.63) is 47.3 Å². The average molecular weight is 682 g/mol. The Hall–Kier alpha value is -3.99. The highest BCUT2D eigenvalue weighted by atomic mass is 19.1. The van der Waals surface area contributed by atoms with Gasteiger partial charge in [-0.1, -0.05) is 6.92 Å². The number of carbonyl (C=O) groups excluding carboxylic acids is 2. The van der Waals surface area contributed by atoms with Crippen LogP contribution in [0.25, 0.3) is 28.1 Å². The minimum Gasteiger partial charge on any atom is -0.482 e. The summed E-state index contributed by atoms with van der Waals surface area (Å²) in [5.41, 5.74) is 4.00. The third kappa shape index (κ3) is 5.13. The Morgan fingerprint density at radius 1 is 1.10 bits per heavy atom. The molecule has 0 aromatic carbocycles. The number of fused-ring (bicyclic) bond motifs is 3. The van der Waals surface area contributed by atoms with Gasteiger partial charge in [0.25, 0.3) is 5.91 Å². The van der Waals surface area contributed by atoms with Crippen molar-refractivity contribution < 1.29 is 18.7 Å². The van der Waals surface area contributed by atoms with Gasteiger partial charge in [0.15, 0.2) is 5.88 Å². The number of hydrogen-bond acceptors (Lipinski definition) is 6. The molecule has 4 atom stereocenters. The quantitative estimate of drug-likeness (QED) is 0.220. The van der Waals surface area contributed by atoms with Crippen molar-refractivity contribution in [1.82, 2.24) is 34.5 Å². The van der Waals surface area contributed by atoms with Crippen molar-refractivity contribution >= 4 is 28.5 Å². The molecule has 10 nitrogen and oxygen atoms in total. The molecule has 6 heterocycles. The van der Waals surface area contributed by atoms with Gasteiger partial charge in [-0.3, -0.25) is 14.0 Å². The maximum atomic E-state index is 14.1. The number of hydrogen-bond donors (Lipinski definition) is 2. The van der Waals surface area contributed by atoms with Crippen molar-refractivity contribution in [3.8, 4) is 17.3 Å². The van der Waals surface area contributed by atoms with Gasteiger partial charge in [-0.05, 0) is 108 Å². The predicted octanol–water partition coefficient (Wildman–Crippen LogP) is 6.14. The third-order valence-electron chi connectivity index (χ3n) is 12.6. The minimum absolute atomic E-state index is 0.0193. The molecule has 0 radical (unpaired) electrons. The average Bonchev–Trinajstić information content (AvgIpc) is 3.77. The molecule has 2 bridgehead atoms. The van der Waals surface area contributed by atoms with E-state index in [4.69, 9.17) is 14.7 Å². The molecule has 6 aliphatic rings. The zero-order valence-electron chi connectivity index (χ0n) is 29.6. The molecule has 4 saturated carbocycles. The van der Waals surface area contributed by atoms with Crippen LogP contribution in [-0.4, -0.2) is 73.6 Å². The van der Waals surface area contributed by atoms with Gasteiger partial charge in [0, 0.05) is 48.7 Å². The number of piperidine rings is 2. The Kier molecular flexibility index (Phi) is 7.36. The van der Waals surface area contributed by atoms with Gasteiger partial charge in [0.2, 0.25) is 5.91 Å². The van der Waals surface area contributed by atoms with Crippen LogP contribution in [0, 0.1) is 24.2 Å². The molecule has 0 spiro atoms. The van der Waals surface area contributed by atoms with Gasteiger partial charge < -0.3 is 24.8 Å². The largest absolute Gasteiger partial charge is 0.482 e. The normalized spacial score (nSPS) is 29.3. The van der Waals surface area contributed by atoms with Gasteiger partial charge in [0.05, 0.1) is 35.6 Å². The van der Waals surface area contributed by atoms with Crippen molar-refractivity contribution in [3.63, 3.8) is 0 Å². The van der Waals surface area contributed by atoms with E-state index in [0.717, 1.165) is 66.3 Å². The van der Waals surface area contributed by atoms with Crippen LogP contribution in [0.2, 0.25) is 0 Å². The molecule has 2 saturated heterocycles. The number of ether oxygens (including phenoxy) is 1. The summed E-state index contributed by atoms with van der Waals surface area (Å²) < 4.78 is 24.3. The molecule has 2 N–H and O–H groups in total. The molecule has 264 valence electrons. The van der Waals surface area contributed by atoms with Crippen LogP contribution < -0.4 is 15.4 Å². The molecule has 6 fully saturated rings. The van der Waals surface area contributed by atoms with Crippen LogP contribution in [0.3, 0.4) is 0 Å². The lowest BCUT2D eigenvalue weighted by molar-refractivity contribution is -0.214. The summed E-state index contributed by atoms with van der Waals surface area (Å²) in [5.74, 6) is 1.75. The first kappa shape index (κ1) is 32.0. The summed E-state index contributed by atoms with van der Waals surface area (Å²) in [6.07, 6.45) is 7.98. The molecule has 4 aliphatic carbocycles. The second-order valence-electron chi connectivity index (χ2n) is 16.2. The first-order valence-electron chi connectivity index (χ1n) is 18.7. The highest BCUT2D eigenvalue weighted by molar-refractivity contribution is 5.96. The lowest BCUT2D eigenvalue weighted by Gasteiger charge is -2.64. The van der Waals surface area contributed by atoms with Crippen molar-refractivity contribution in [2.24, 2.45) is 17.3 Å². The van der Waals surface area contributed by atoms with Gasteiger partial charge in [-0.25, -0.2) is 14.4 Å². The van der Waals surface area contributed by atoms with Crippen LogP contribution in [0.5, 0.6) is 5.88 Å². The number of carbonyl (C=O) groups is 2. The maximum Gasteiger partial charge on any atom is 0.254 e. The molecular formula is C39H48FN7O3. The molecule has 11 heteroatoms. The summed E-state index contributed by atoms with van der Waals surface area (Å²) in [4.78, 5) is 39.3. The van der Waals surface area contributed by atoms with E-state index >= 15 is 0 Å². The summed E-state index contributed by atoms with van der Waals surface area (Å²) in [6, 6.07) is 10.5. The number of nitrogens with zero attached hydrogens (tertiary/aromatic N) is 5. The smallest absolute Gasteiger partial charge is 0.254 e. The topological polar surface area (TPSA) is 106 Å². The monoisotopic (exact) mass is 681 g/mol. The molecule has 4 aromatic heterocycles. The molecule has 10 rings (SSSR count). The van der Waals surface area contributed by atoms with Gasteiger partial charge in [0.1, 0.15) is 22.7 Å². The van der Waals surface area contributed by atoms with Gasteiger partial charge in [-0.2, -0.15) is 0 Å². The van der Waals surface area contributed by atoms with E-state index in [2.05, 4.69) is 34.3 Å². The summed E-state index contributed by atoms with van der Waals surface area (Å²) in [5, 5.41) is 7.94. The highest BCUT2D eigenvalue weighted by Crippen LogP contribution is 2.69. The first-order chi connectivity index (χ1) is 24.1. The molecule has 2 aliphatic heterocycles. The lowest BCUT2D eigenvalue weighted by Crippen LogP contribution is -2.70. The summed E-state index contributed by atoms with van der Waals surface area (Å²) in [7, 11) is 1.64. The first-order valence-corrected chi connectivity index (χ1v) is 18.7. The number of rotatable bonds is 9. The molecule has 2 amide bonds. The third-order valence-corrected chi connectivity index (χ3v) is 12.6. The number of halogens is 1.